The minimum Gasteiger partial charge on any atom is -0.205 e. The van der Waals surface area contributed by atoms with Gasteiger partial charge in [0.05, 0.1) is 0 Å². The first-order chi connectivity index (χ1) is 6.61. The molecular formula is C11H10F2S. The van der Waals surface area contributed by atoms with Crippen LogP contribution < -0.4 is 0 Å². The molecule has 0 amide bonds. The van der Waals surface area contributed by atoms with E-state index in [1.807, 2.05) is 19.2 Å². The van der Waals surface area contributed by atoms with Crippen molar-refractivity contribution in [1.82, 2.24) is 0 Å². The maximum atomic E-state index is 12.6. The summed E-state index contributed by atoms with van der Waals surface area (Å²) in [7, 11) is 0. The molecule has 2 rings (SSSR count). The molecule has 1 aromatic carbocycles. The number of alkyl halides is 2. The van der Waals surface area contributed by atoms with Gasteiger partial charge in [-0.1, -0.05) is 12.1 Å². The molecule has 0 atom stereocenters. The van der Waals surface area contributed by atoms with Crippen LogP contribution in [0, 0.1) is 13.8 Å². The fourth-order valence-corrected chi connectivity index (χ4v) is 2.84. The zero-order valence-corrected chi connectivity index (χ0v) is 8.79. The Labute approximate surface area is 85.2 Å². The zero-order chi connectivity index (χ0) is 10.3. The minimum atomic E-state index is -2.38. The number of halogens is 2. The number of benzene rings is 1. The molecule has 0 bridgehead atoms. The standard InChI is InChI=1S/C11H10F2S/c1-6-3-4-8(11(12)13)10-9(6)7(2)5-14-10/h3-5,11H,1-2H3. The number of rotatable bonds is 1. The summed E-state index contributed by atoms with van der Waals surface area (Å²) in [4.78, 5) is 0. The van der Waals surface area contributed by atoms with Crippen LogP contribution in [0.25, 0.3) is 10.1 Å². The highest BCUT2D eigenvalue weighted by molar-refractivity contribution is 7.17. The maximum absolute atomic E-state index is 12.6. The summed E-state index contributed by atoms with van der Waals surface area (Å²) < 4.78 is 26.0. The van der Waals surface area contributed by atoms with E-state index in [1.54, 1.807) is 6.07 Å². The van der Waals surface area contributed by atoms with E-state index in [1.165, 1.54) is 17.4 Å². The molecule has 74 valence electrons. The van der Waals surface area contributed by atoms with Crippen molar-refractivity contribution in [3.63, 3.8) is 0 Å². The van der Waals surface area contributed by atoms with Gasteiger partial charge >= 0.3 is 0 Å². The van der Waals surface area contributed by atoms with Crippen molar-refractivity contribution >= 4 is 21.4 Å². The lowest BCUT2D eigenvalue weighted by Crippen LogP contribution is -1.86. The summed E-state index contributed by atoms with van der Waals surface area (Å²) in [5.41, 5.74) is 2.32. The van der Waals surface area contributed by atoms with E-state index < -0.39 is 6.43 Å². The Morgan fingerprint density at radius 1 is 1.14 bits per heavy atom. The molecule has 1 aromatic heterocycles. The lowest BCUT2D eigenvalue weighted by atomic mass is 10.1. The predicted octanol–water partition coefficient (Wildman–Crippen LogP) is 4.46. The van der Waals surface area contributed by atoms with Gasteiger partial charge in [0.25, 0.3) is 6.43 Å². The van der Waals surface area contributed by atoms with Crippen LogP contribution in [0.15, 0.2) is 17.5 Å². The summed E-state index contributed by atoms with van der Waals surface area (Å²) in [5, 5.41) is 2.93. The van der Waals surface area contributed by atoms with E-state index in [-0.39, 0.29) is 5.56 Å². The zero-order valence-electron chi connectivity index (χ0n) is 7.97. The minimum absolute atomic E-state index is 0.156. The van der Waals surface area contributed by atoms with E-state index in [0.29, 0.717) is 0 Å². The lowest BCUT2D eigenvalue weighted by Gasteiger charge is -2.04. The van der Waals surface area contributed by atoms with E-state index in [0.717, 1.165) is 21.2 Å². The largest absolute Gasteiger partial charge is 0.265 e. The van der Waals surface area contributed by atoms with Crippen LogP contribution in [-0.2, 0) is 0 Å². The molecule has 0 nitrogen and oxygen atoms in total. The molecule has 0 spiro atoms. The van der Waals surface area contributed by atoms with E-state index in [2.05, 4.69) is 0 Å². The van der Waals surface area contributed by atoms with Crippen molar-refractivity contribution in [1.29, 1.82) is 0 Å². The molecule has 0 N–H and O–H groups in total. The third-order valence-electron chi connectivity index (χ3n) is 2.38. The molecule has 0 aliphatic carbocycles. The van der Waals surface area contributed by atoms with Crippen LogP contribution in [-0.4, -0.2) is 0 Å². The van der Waals surface area contributed by atoms with Crippen LogP contribution in [0.5, 0.6) is 0 Å². The molecule has 3 heteroatoms. The Morgan fingerprint density at radius 2 is 1.86 bits per heavy atom. The second kappa shape index (κ2) is 3.31. The van der Waals surface area contributed by atoms with Gasteiger partial charge in [-0.25, -0.2) is 8.78 Å². The third kappa shape index (κ3) is 1.32. The van der Waals surface area contributed by atoms with Gasteiger partial charge in [0.15, 0.2) is 0 Å². The fraction of sp³-hybridized carbons (Fsp3) is 0.273. The molecule has 1 heterocycles. The summed E-state index contributed by atoms with van der Waals surface area (Å²) in [5.74, 6) is 0. The SMILES string of the molecule is Cc1ccc(C(F)F)c2scc(C)c12. The monoisotopic (exact) mass is 212 g/mol. The molecule has 2 aromatic rings. The molecule has 0 unspecified atom stereocenters. The first-order valence-corrected chi connectivity index (χ1v) is 5.24. The molecule has 0 fully saturated rings. The van der Waals surface area contributed by atoms with Crippen molar-refractivity contribution in [3.8, 4) is 0 Å². The van der Waals surface area contributed by atoms with Gasteiger partial charge in [-0.2, -0.15) is 0 Å². The highest BCUT2D eigenvalue weighted by Gasteiger charge is 2.14. The second-order valence-corrected chi connectivity index (χ2v) is 4.27. The van der Waals surface area contributed by atoms with Crippen LogP contribution in [0.2, 0.25) is 0 Å². The number of hydrogen-bond acceptors (Lipinski definition) is 1. The predicted molar refractivity (Wildman–Crippen MR) is 56.3 cm³/mol. The van der Waals surface area contributed by atoms with Gasteiger partial charge in [0.2, 0.25) is 0 Å². The lowest BCUT2D eigenvalue weighted by molar-refractivity contribution is 0.153. The van der Waals surface area contributed by atoms with Crippen molar-refractivity contribution in [2.24, 2.45) is 0 Å². The van der Waals surface area contributed by atoms with Crippen LogP contribution >= 0.6 is 11.3 Å². The summed E-state index contributed by atoms with van der Waals surface area (Å²) >= 11 is 1.40. The number of hydrogen-bond donors (Lipinski definition) is 0. The normalized spacial score (nSPS) is 11.5. The second-order valence-electron chi connectivity index (χ2n) is 3.40. The first kappa shape index (κ1) is 9.59. The third-order valence-corrected chi connectivity index (χ3v) is 3.53. The Balaban J connectivity index is 2.83. The maximum Gasteiger partial charge on any atom is 0.265 e. The van der Waals surface area contributed by atoms with Gasteiger partial charge in [-0.05, 0) is 35.7 Å². The van der Waals surface area contributed by atoms with Crippen LogP contribution in [0.3, 0.4) is 0 Å². The van der Waals surface area contributed by atoms with Crippen molar-refractivity contribution < 1.29 is 8.78 Å². The van der Waals surface area contributed by atoms with Gasteiger partial charge in [0, 0.05) is 10.3 Å². The van der Waals surface area contributed by atoms with Gasteiger partial charge in [0.1, 0.15) is 0 Å². The molecule has 0 radical (unpaired) electrons. The Hall–Kier alpha value is -0.960. The van der Waals surface area contributed by atoms with E-state index in [9.17, 15) is 8.78 Å². The Morgan fingerprint density at radius 3 is 2.50 bits per heavy atom. The topological polar surface area (TPSA) is 0 Å². The number of fused-ring (bicyclic) bond motifs is 1. The number of thiophene rings is 1. The van der Waals surface area contributed by atoms with Crippen LogP contribution in [0.4, 0.5) is 8.78 Å². The molecule has 0 saturated heterocycles. The molecule has 0 aliphatic heterocycles. The van der Waals surface area contributed by atoms with E-state index in [4.69, 9.17) is 0 Å². The fourth-order valence-electron chi connectivity index (χ4n) is 1.69. The molecule has 14 heavy (non-hydrogen) atoms. The summed E-state index contributed by atoms with van der Waals surface area (Å²) in [6, 6.07) is 3.29. The van der Waals surface area contributed by atoms with Crippen molar-refractivity contribution in [2.45, 2.75) is 20.3 Å². The highest BCUT2D eigenvalue weighted by atomic mass is 32.1. The number of aryl methyl sites for hydroxylation is 2. The average Bonchev–Trinajstić information content (AvgIpc) is 2.49. The molecule has 0 aliphatic rings. The van der Waals surface area contributed by atoms with Gasteiger partial charge < -0.3 is 0 Å². The van der Waals surface area contributed by atoms with E-state index >= 15 is 0 Å². The highest BCUT2D eigenvalue weighted by Crippen LogP contribution is 2.35. The van der Waals surface area contributed by atoms with Crippen molar-refractivity contribution in [3.05, 3.63) is 34.2 Å². The van der Waals surface area contributed by atoms with Crippen molar-refractivity contribution in [2.75, 3.05) is 0 Å². The van der Waals surface area contributed by atoms with Gasteiger partial charge in [-0.3, -0.25) is 0 Å². The molecular weight excluding hydrogens is 202 g/mol. The van der Waals surface area contributed by atoms with Crippen LogP contribution in [0.1, 0.15) is 23.1 Å². The smallest absolute Gasteiger partial charge is 0.205 e. The Kier molecular flexibility index (Phi) is 2.27. The average molecular weight is 212 g/mol. The summed E-state index contributed by atoms with van der Waals surface area (Å²) in [6.45, 7) is 3.92. The quantitative estimate of drug-likeness (QED) is 0.654. The first-order valence-electron chi connectivity index (χ1n) is 4.36. The molecule has 0 saturated carbocycles. The Bertz CT molecular complexity index is 471. The summed E-state index contributed by atoms with van der Waals surface area (Å²) in [6.07, 6.45) is -2.38. The van der Waals surface area contributed by atoms with Gasteiger partial charge in [-0.15, -0.1) is 11.3 Å².